The summed E-state index contributed by atoms with van der Waals surface area (Å²) in [6.07, 6.45) is 3.66. The van der Waals surface area contributed by atoms with Crippen molar-refractivity contribution < 1.29 is 9.72 Å². The van der Waals surface area contributed by atoms with Gasteiger partial charge in [-0.2, -0.15) is 0 Å². The van der Waals surface area contributed by atoms with Crippen LogP contribution in [0.25, 0.3) is 6.08 Å². The Morgan fingerprint density at radius 2 is 1.81 bits per heavy atom. The third-order valence-corrected chi connectivity index (χ3v) is 6.53. The topological polar surface area (TPSA) is 94.6 Å². The summed E-state index contributed by atoms with van der Waals surface area (Å²) < 4.78 is 2.08. The van der Waals surface area contributed by atoms with Crippen LogP contribution in [0.2, 0.25) is 0 Å². The molecule has 31 heavy (non-hydrogen) atoms. The van der Waals surface area contributed by atoms with Crippen molar-refractivity contribution in [1.29, 1.82) is 0 Å². The number of fused-ring (bicyclic) bond motifs is 1. The molecule has 2 aromatic carbocycles. The van der Waals surface area contributed by atoms with Gasteiger partial charge in [0.1, 0.15) is 0 Å². The molecule has 1 aliphatic heterocycles. The number of non-ortho nitro benzene ring substituents is 1. The van der Waals surface area contributed by atoms with E-state index in [4.69, 9.17) is 0 Å². The van der Waals surface area contributed by atoms with Crippen molar-refractivity contribution >= 4 is 28.9 Å². The molecule has 7 nitrogen and oxygen atoms in total. The van der Waals surface area contributed by atoms with Crippen molar-refractivity contribution in [1.82, 2.24) is 4.57 Å². The first-order chi connectivity index (χ1) is 15.0. The van der Waals surface area contributed by atoms with Gasteiger partial charge in [-0.15, -0.1) is 0 Å². The number of thiazole rings is 1. The fourth-order valence-corrected chi connectivity index (χ4v) is 5.12. The molecular formula is C23H17N3O4S. The minimum atomic E-state index is -0.487. The molecule has 2 aliphatic rings. The predicted octanol–water partition coefficient (Wildman–Crippen LogP) is 2.88. The molecule has 1 aromatic heterocycles. The first-order valence-corrected chi connectivity index (χ1v) is 10.7. The van der Waals surface area contributed by atoms with Crippen LogP contribution in [0.1, 0.15) is 36.4 Å². The average Bonchev–Trinajstić information content (AvgIpc) is 3.08. The molecule has 5 rings (SSSR count). The fraction of sp³-hybridized carbons (Fsp3) is 0.174. The van der Waals surface area contributed by atoms with E-state index in [-0.39, 0.29) is 17.0 Å². The molecule has 1 unspecified atom stereocenters. The molecular weight excluding hydrogens is 414 g/mol. The van der Waals surface area contributed by atoms with Gasteiger partial charge in [-0.3, -0.25) is 24.3 Å². The monoisotopic (exact) mass is 431 g/mol. The summed E-state index contributed by atoms with van der Waals surface area (Å²) in [6.45, 7) is 0. The molecule has 0 radical (unpaired) electrons. The van der Waals surface area contributed by atoms with Gasteiger partial charge < -0.3 is 0 Å². The van der Waals surface area contributed by atoms with Crippen molar-refractivity contribution in [3.63, 3.8) is 0 Å². The molecule has 3 aromatic rings. The zero-order valence-electron chi connectivity index (χ0n) is 16.4. The van der Waals surface area contributed by atoms with Crippen LogP contribution in [-0.2, 0) is 4.79 Å². The van der Waals surface area contributed by atoms with Crippen LogP contribution in [0.15, 0.2) is 75.7 Å². The number of aromatic nitrogens is 1. The van der Waals surface area contributed by atoms with Gasteiger partial charge in [0.25, 0.3) is 11.2 Å². The van der Waals surface area contributed by atoms with Gasteiger partial charge in [-0.1, -0.05) is 41.7 Å². The average molecular weight is 431 g/mol. The molecule has 0 fully saturated rings. The number of ketones is 1. The second-order valence-electron chi connectivity index (χ2n) is 7.48. The molecule has 0 saturated carbocycles. The number of rotatable bonds is 3. The summed E-state index contributed by atoms with van der Waals surface area (Å²) >= 11 is 1.27. The molecule has 8 heteroatoms. The molecule has 1 aliphatic carbocycles. The Labute approximate surface area is 180 Å². The van der Waals surface area contributed by atoms with E-state index >= 15 is 0 Å². The lowest BCUT2D eigenvalue weighted by Crippen LogP contribution is -2.40. The van der Waals surface area contributed by atoms with Crippen molar-refractivity contribution in [3.05, 3.63) is 107 Å². The van der Waals surface area contributed by atoms with Crippen LogP contribution in [0, 0.1) is 10.1 Å². The van der Waals surface area contributed by atoms with Gasteiger partial charge in [-0.25, -0.2) is 4.99 Å². The molecule has 2 heterocycles. The summed E-state index contributed by atoms with van der Waals surface area (Å²) in [5, 5.41) is 10.9. The first kappa shape index (κ1) is 19.3. The lowest BCUT2D eigenvalue weighted by Gasteiger charge is -2.28. The minimum Gasteiger partial charge on any atom is -0.294 e. The van der Waals surface area contributed by atoms with E-state index in [1.54, 1.807) is 22.8 Å². The summed E-state index contributed by atoms with van der Waals surface area (Å²) in [4.78, 5) is 41.9. The second-order valence-corrected chi connectivity index (χ2v) is 8.49. The van der Waals surface area contributed by atoms with E-state index in [2.05, 4.69) is 4.99 Å². The molecule has 0 bridgehead atoms. The number of hydrogen-bond acceptors (Lipinski definition) is 6. The third-order valence-electron chi connectivity index (χ3n) is 5.54. The lowest BCUT2D eigenvalue weighted by molar-refractivity contribution is -0.384. The van der Waals surface area contributed by atoms with Crippen molar-refractivity contribution in [2.75, 3.05) is 0 Å². The summed E-state index contributed by atoms with van der Waals surface area (Å²) in [5.41, 5.74) is 2.73. The summed E-state index contributed by atoms with van der Waals surface area (Å²) in [6, 6.07) is 15.1. The lowest BCUT2D eigenvalue weighted by atomic mass is 9.86. The highest BCUT2D eigenvalue weighted by atomic mass is 32.1. The Morgan fingerprint density at radius 3 is 2.52 bits per heavy atom. The third kappa shape index (κ3) is 3.34. The van der Waals surface area contributed by atoms with Crippen molar-refractivity contribution in [2.24, 2.45) is 4.99 Å². The van der Waals surface area contributed by atoms with Crippen molar-refractivity contribution in [3.8, 4) is 0 Å². The van der Waals surface area contributed by atoms with E-state index in [1.807, 2.05) is 30.3 Å². The maximum Gasteiger partial charge on any atom is 0.271 e. The quantitative estimate of drug-likeness (QED) is 0.471. The van der Waals surface area contributed by atoms with E-state index in [9.17, 15) is 19.7 Å². The van der Waals surface area contributed by atoms with Crippen LogP contribution in [0.4, 0.5) is 5.69 Å². The van der Waals surface area contributed by atoms with E-state index in [1.165, 1.54) is 23.5 Å². The normalized spacial score (nSPS) is 18.4. The molecule has 0 amide bonds. The molecule has 154 valence electrons. The number of carbonyl (C=O) groups is 1. The Bertz CT molecular complexity index is 1420. The Kier molecular flexibility index (Phi) is 4.71. The number of Topliss-reactive ketones (excluding diaryl/α,β-unsaturated/α-hetero) is 1. The van der Waals surface area contributed by atoms with Gasteiger partial charge in [0.15, 0.2) is 10.6 Å². The van der Waals surface area contributed by atoms with Crippen LogP contribution in [-0.4, -0.2) is 15.3 Å². The maximum atomic E-state index is 13.4. The van der Waals surface area contributed by atoms with E-state index < -0.39 is 11.0 Å². The molecule has 0 spiro atoms. The highest BCUT2D eigenvalue weighted by molar-refractivity contribution is 7.07. The van der Waals surface area contributed by atoms with Crippen molar-refractivity contribution in [2.45, 2.75) is 25.3 Å². The van der Waals surface area contributed by atoms with E-state index in [0.717, 1.165) is 24.1 Å². The number of nitro benzene ring substituents is 1. The van der Waals surface area contributed by atoms with Gasteiger partial charge in [0.2, 0.25) is 0 Å². The zero-order chi connectivity index (χ0) is 21.5. The minimum absolute atomic E-state index is 0.00567. The number of allylic oxidation sites excluding steroid dienone is 2. The molecule has 1 atom stereocenters. The van der Waals surface area contributed by atoms with Gasteiger partial charge in [0, 0.05) is 24.1 Å². The Balaban J connectivity index is 1.70. The number of hydrogen-bond donors (Lipinski definition) is 0. The van der Waals surface area contributed by atoms with Gasteiger partial charge in [-0.05, 0) is 42.2 Å². The van der Waals surface area contributed by atoms with Crippen LogP contribution in [0.5, 0.6) is 0 Å². The fourth-order valence-electron chi connectivity index (χ4n) is 4.10. The molecule has 0 N–H and O–H groups in total. The zero-order valence-corrected chi connectivity index (χ0v) is 17.2. The van der Waals surface area contributed by atoms with E-state index in [0.29, 0.717) is 26.9 Å². The predicted molar refractivity (Wildman–Crippen MR) is 116 cm³/mol. The number of nitro groups is 1. The number of benzene rings is 2. The van der Waals surface area contributed by atoms with Crippen LogP contribution in [0.3, 0.4) is 0 Å². The smallest absolute Gasteiger partial charge is 0.271 e. The van der Waals surface area contributed by atoms with Gasteiger partial charge in [0.05, 0.1) is 21.2 Å². The maximum absolute atomic E-state index is 13.4. The molecule has 0 saturated heterocycles. The Hall–Kier alpha value is -3.65. The SMILES string of the molecule is O=C1CCCC2=C1C(c1ccccc1)n1c(s/c(=C/c3ccc([N+](=O)[O-])cc3)c1=O)=N2. The second kappa shape index (κ2) is 7.55. The van der Waals surface area contributed by atoms with Crippen LogP contribution >= 0.6 is 11.3 Å². The largest absolute Gasteiger partial charge is 0.294 e. The summed E-state index contributed by atoms with van der Waals surface area (Å²) in [7, 11) is 0. The highest BCUT2D eigenvalue weighted by Gasteiger charge is 2.34. The van der Waals surface area contributed by atoms with Crippen LogP contribution < -0.4 is 14.9 Å². The number of nitrogens with zero attached hydrogens (tertiary/aromatic N) is 3. The van der Waals surface area contributed by atoms with Gasteiger partial charge >= 0.3 is 0 Å². The highest BCUT2D eigenvalue weighted by Crippen LogP contribution is 2.35. The standard InChI is InChI=1S/C23H17N3O4S/c27-18-8-4-7-17-20(18)21(15-5-2-1-3-6-15)25-22(28)19(31-23(25)24-17)13-14-9-11-16(12-10-14)26(29)30/h1-3,5-6,9-13,21H,4,7-8H2/b19-13+. The summed E-state index contributed by atoms with van der Waals surface area (Å²) in [5.74, 6) is 0.0449. The first-order valence-electron chi connectivity index (χ1n) is 9.90. The Morgan fingerprint density at radius 1 is 1.06 bits per heavy atom. The number of carbonyl (C=O) groups excluding carboxylic acids is 1.